The second-order valence-electron chi connectivity index (χ2n) is 3.05. The van der Waals surface area contributed by atoms with Crippen molar-refractivity contribution in [2.75, 3.05) is 6.61 Å². The predicted octanol–water partition coefficient (Wildman–Crippen LogP) is 3.41. The number of aromatic nitrogens is 1. The molecule has 86 valence electrons. The first-order valence-electron chi connectivity index (χ1n) is 4.87. The Morgan fingerprint density at radius 2 is 2.53 bits per heavy atom. The summed E-state index contributed by atoms with van der Waals surface area (Å²) in [6.07, 6.45) is 1.62. The summed E-state index contributed by atoms with van der Waals surface area (Å²) >= 11 is 1.16. The summed E-state index contributed by atoms with van der Waals surface area (Å²) in [4.78, 5) is 19.5. The van der Waals surface area contributed by atoms with Crippen molar-refractivity contribution in [3.8, 4) is 0 Å². The minimum absolute atomic E-state index is 0.274. The maximum atomic E-state index is 11.7. The molecule has 0 aliphatic rings. The van der Waals surface area contributed by atoms with Crippen LogP contribution < -0.4 is 0 Å². The molecule has 0 bridgehead atoms. The van der Waals surface area contributed by atoms with Crippen LogP contribution in [0.25, 0.3) is 20.7 Å². The van der Waals surface area contributed by atoms with E-state index in [1.807, 2.05) is 0 Å². The summed E-state index contributed by atoms with van der Waals surface area (Å²) in [6.45, 7) is 1.99. The lowest BCUT2D eigenvalue weighted by Gasteiger charge is -1.98. The number of thiophene rings is 1. The molecule has 17 heavy (non-hydrogen) atoms. The Labute approximate surface area is 100 Å². The van der Waals surface area contributed by atoms with Crippen molar-refractivity contribution in [1.29, 1.82) is 0 Å². The molecule has 2 rings (SSSR count). The number of fused-ring (bicyclic) bond motifs is 1. The van der Waals surface area contributed by atoms with Crippen LogP contribution >= 0.6 is 11.3 Å². The van der Waals surface area contributed by atoms with E-state index in [9.17, 15) is 4.79 Å². The number of ether oxygens (including phenoxy) is 1. The molecule has 0 N–H and O–H groups in total. The number of hydrogen-bond acceptors (Lipinski definition) is 5. The largest absolute Gasteiger partial charge is 0.462 e. The molecule has 2 heterocycles. The minimum Gasteiger partial charge on any atom is -0.462 e. The zero-order valence-electron chi connectivity index (χ0n) is 8.95. The number of rotatable bonds is 3. The van der Waals surface area contributed by atoms with E-state index >= 15 is 0 Å². The highest BCUT2D eigenvalue weighted by atomic mass is 32.1. The van der Waals surface area contributed by atoms with Crippen molar-refractivity contribution in [2.24, 2.45) is 5.11 Å². The molecule has 0 aliphatic carbocycles. The Hall–Kier alpha value is -2.11. The maximum absolute atomic E-state index is 11.7. The van der Waals surface area contributed by atoms with Gasteiger partial charge in [-0.3, -0.25) is 0 Å². The number of carbonyl (C=O) groups excluding carboxylic acids is 1. The number of nitrogens with zero attached hydrogens (tertiary/aromatic N) is 4. The standard InChI is InChI=1S/C10H8N4O2S/c1-2-16-10(15)8-7(13-14-11)6-4-3-5-12-9(6)17-8/h3-5H,2H2,1H3. The average molecular weight is 248 g/mol. The van der Waals surface area contributed by atoms with Gasteiger partial charge in [0.1, 0.15) is 9.71 Å². The summed E-state index contributed by atoms with van der Waals surface area (Å²) in [5.74, 6) is -0.488. The summed E-state index contributed by atoms with van der Waals surface area (Å²) in [5.41, 5.74) is 8.81. The van der Waals surface area contributed by atoms with Gasteiger partial charge >= 0.3 is 5.97 Å². The normalized spacial score (nSPS) is 9.94. The van der Waals surface area contributed by atoms with Gasteiger partial charge in [-0.15, -0.1) is 11.3 Å². The Bertz CT molecular complexity index is 616. The second-order valence-corrected chi connectivity index (χ2v) is 4.04. The number of azide groups is 1. The van der Waals surface area contributed by atoms with Crippen molar-refractivity contribution in [2.45, 2.75) is 6.92 Å². The molecule has 7 heteroatoms. The van der Waals surface area contributed by atoms with E-state index in [0.29, 0.717) is 20.8 Å². The Morgan fingerprint density at radius 3 is 3.24 bits per heavy atom. The van der Waals surface area contributed by atoms with E-state index in [1.165, 1.54) is 0 Å². The van der Waals surface area contributed by atoms with Crippen LogP contribution in [0.3, 0.4) is 0 Å². The highest BCUT2D eigenvalue weighted by Gasteiger charge is 2.18. The van der Waals surface area contributed by atoms with Crippen molar-refractivity contribution in [3.05, 3.63) is 33.6 Å². The van der Waals surface area contributed by atoms with Crippen LogP contribution in [0, 0.1) is 0 Å². The fourth-order valence-corrected chi connectivity index (χ4v) is 2.37. The van der Waals surface area contributed by atoms with Crippen LogP contribution in [-0.4, -0.2) is 17.6 Å². The number of carbonyl (C=O) groups is 1. The molecule has 0 saturated heterocycles. The van der Waals surface area contributed by atoms with Gasteiger partial charge in [-0.05, 0) is 24.6 Å². The summed E-state index contributed by atoms with van der Waals surface area (Å²) in [5, 5.41) is 4.21. The Balaban J connectivity index is 2.65. The van der Waals surface area contributed by atoms with E-state index in [4.69, 9.17) is 10.3 Å². The van der Waals surface area contributed by atoms with E-state index in [-0.39, 0.29) is 6.61 Å². The molecule has 2 aromatic rings. The molecule has 0 atom stereocenters. The molecule has 0 aliphatic heterocycles. The molecular formula is C10H8N4O2S. The van der Waals surface area contributed by atoms with Crippen LogP contribution in [0.1, 0.15) is 16.6 Å². The van der Waals surface area contributed by atoms with Gasteiger partial charge in [0.05, 0.1) is 12.3 Å². The molecule has 0 radical (unpaired) electrons. The monoisotopic (exact) mass is 248 g/mol. The molecular weight excluding hydrogens is 240 g/mol. The van der Waals surface area contributed by atoms with E-state index in [1.54, 1.807) is 25.3 Å². The molecule has 0 saturated carbocycles. The van der Waals surface area contributed by atoms with Gasteiger partial charge in [-0.25, -0.2) is 9.78 Å². The SMILES string of the molecule is CCOC(=O)c1sc2ncccc2c1N=[N+]=[N-]. The molecule has 6 nitrogen and oxygen atoms in total. The third-order valence-electron chi connectivity index (χ3n) is 2.05. The van der Waals surface area contributed by atoms with E-state index in [2.05, 4.69) is 15.0 Å². The van der Waals surface area contributed by atoms with Crippen LogP contribution in [-0.2, 0) is 4.74 Å². The fourth-order valence-electron chi connectivity index (χ4n) is 1.40. The van der Waals surface area contributed by atoms with Crippen LogP contribution in [0.2, 0.25) is 0 Å². The quantitative estimate of drug-likeness (QED) is 0.361. The minimum atomic E-state index is -0.488. The van der Waals surface area contributed by atoms with Gasteiger partial charge in [-0.2, -0.15) is 0 Å². The van der Waals surface area contributed by atoms with Crippen molar-refractivity contribution < 1.29 is 9.53 Å². The average Bonchev–Trinajstić information content (AvgIpc) is 2.70. The van der Waals surface area contributed by atoms with E-state index < -0.39 is 5.97 Å². The van der Waals surface area contributed by atoms with Gasteiger partial charge in [0.25, 0.3) is 0 Å². The van der Waals surface area contributed by atoms with Crippen molar-refractivity contribution >= 4 is 33.2 Å². The predicted molar refractivity (Wildman–Crippen MR) is 64.4 cm³/mol. The number of hydrogen-bond donors (Lipinski definition) is 0. The lowest BCUT2D eigenvalue weighted by molar-refractivity contribution is 0.0533. The van der Waals surface area contributed by atoms with Crippen LogP contribution in [0.15, 0.2) is 23.4 Å². The first-order valence-corrected chi connectivity index (χ1v) is 5.69. The van der Waals surface area contributed by atoms with Gasteiger partial charge in [0.2, 0.25) is 0 Å². The van der Waals surface area contributed by atoms with Crippen molar-refractivity contribution in [1.82, 2.24) is 4.98 Å². The third-order valence-corrected chi connectivity index (χ3v) is 3.13. The maximum Gasteiger partial charge on any atom is 0.348 e. The second kappa shape index (κ2) is 4.82. The Morgan fingerprint density at radius 1 is 1.71 bits per heavy atom. The molecule has 0 spiro atoms. The van der Waals surface area contributed by atoms with Crippen LogP contribution in [0.4, 0.5) is 5.69 Å². The Kier molecular flexibility index (Phi) is 3.22. The molecule has 0 aromatic carbocycles. The summed E-state index contributed by atoms with van der Waals surface area (Å²) in [6, 6.07) is 3.48. The highest BCUT2D eigenvalue weighted by molar-refractivity contribution is 7.21. The smallest absolute Gasteiger partial charge is 0.348 e. The lowest BCUT2D eigenvalue weighted by Crippen LogP contribution is -2.01. The molecule has 0 amide bonds. The summed E-state index contributed by atoms with van der Waals surface area (Å²) < 4.78 is 4.90. The zero-order chi connectivity index (χ0) is 12.3. The van der Waals surface area contributed by atoms with Gasteiger partial charge < -0.3 is 4.74 Å². The van der Waals surface area contributed by atoms with E-state index in [0.717, 1.165) is 11.3 Å². The van der Waals surface area contributed by atoms with Gasteiger partial charge in [0, 0.05) is 16.5 Å². The lowest BCUT2D eigenvalue weighted by atomic mass is 10.3. The molecule has 0 fully saturated rings. The topological polar surface area (TPSA) is 88.0 Å². The number of esters is 1. The van der Waals surface area contributed by atoms with Crippen LogP contribution in [0.5, 0.6) is 0 Å². The zero-order valence-corrected chi connectivity index (χ0v) is 9.77. The summed E-state index contributed by atoms with van der Waals surface area (Å²) in [7, 11) is 0. The first kappa shape index (κ1) is 11.4. The fraction of sp³-hybridized carbons (Fsp3) is 0.200. The highest BCUT2D eigenvalue weighted by Crippen LogP contribution is 2.37. The molecule has 0 unspecified atom stereocenters. The molecule has 2 aromatic heterocycles. The van der Waals surface area contributed by atoms with Gasteiger partial charge in [-0.1, -0.05) is 5.11 Å². The number of pyridine rings is 1. The van der Waals surface area contributed by atoms with Crippen molar-refractivity contribution in [3.63, 3.8) is 0 Å². The van der Waals surface area contributed by atoms with Gasteiger partial charge in [0.15, 0.2) is 0 Å². The first-order chi connectivity index (χ1) is 8.27. The third kappa shape index (κ3) is 2.06.